The van der Waals surface area contributed by atoms with Gasteiger partial charge in [0.05, 0.1) is 11.6 Å². The minimum Gasteiger partial charge on any atom is -0.483 e. The molecule has 1 aliphatic rings. The van der Waals surface area contributed by atoms with E-state index < -0.39 is 0 Å². The summed E-state index contributed by atoms with van der Waals surface area (Å²) in [5.41, 5.74) is 1.73. The first kappa shape index (κ1) is 11.8. The minimum absolute atomic E-state index is 0.171. The molecule has 0 saturated heterocycles. The molecule has 1 fully saturated rings. The Morgan fingerprint density at radius 3 is 2.16 bits per heavy atom. The van der Waals surface area contributed by atoms with Crippen molar-refractivity contribution in [3.8, 4) is 11.8 Å². The summed E-state index contributed by atoms with van der Waals surface area (Å²) in [4.78, 5) is 0. The number of benzene rings is 2. The SMILES string of the molecule is N#Cc1ccc(OC2(c3ccccc3)CCC2)cc1. The third-order valence-electron chi connectivity index (χ3n) is 3.76. The van der Waals surface area contributed by atoms with Crippen LogP contribution in [0.1, 0.15) is 30.4 Å². The molecule has 0 aliphatic heterocycles. The lowest BCUT2D eigenvalue weighted by Gasteiger charge is -2.42. The summed E-state index contributed by atoms with van der Waals surface area (Å²) in [6.45, 7) is 0. The van der Waals surface area contributed by atoms with Crippen molar-refractivity contribution in [3.63, 3.8) is 0 Å². The minimum atomic E-state index is -0.171. The Hall–Kier alpha value is -2.27. The number of ether oxygens (including phenoxy) is 1. The van der Waals surface area contributed by atoms with Gasteiger partial charge in [0.25, 0.3) is 0 Å². The predicted molar refractivity (Wildman–Crippen MR) is 73.8 cm³/mol. The van der Waals surface area contributed by atoms with Crippen LogP contribution in [-0.2, 0) is 5.60 Å². The van der Waals surface area contributed by atoms with Crippen molar-refractivity contribution in [2.24, 2.45) is 0 Å². The van der Waals surface area contributed by atoms with Gasteiger partial charge in [0.1, 0.15) is 11.4 Å². The largest absolute Gasteiger partial charge is 0.483 e. The lowest BCUT2D eigenvalue weighted by molar-refractivity contribution is -0.0122. The van der Waals surface area contributed by atoms with E-state index in [1.807, 2.05) is 18.2 Å². The number of hydrogen-bond acceptors (Lipinski definition) is 2. The fraction of sp³-hybridized carbons (Fsp3) is 0.235. The Bertz CT molecular complexity index is 591. The van der Waals surface area contributed by atoms with E-state index in [4.69, 9.17) is 10.00 Å². The van der Waals surface area contributed by atoms with Crippen molar-refractivity contribution in [2.45, 2.75) is 24.9 Å². The van der Waals surface area contributed by atoms with E-state index in [-0.39, 0.29) is 5.60 Å². The molecule has 0 amide bonds. The van der Waals surface area contributed by atoms with Gasteiger partial charge in [-0.1, -0.05) is 30.3 Å². The third-order valence-corrected chi connectivity index (χ3v) is 3.76. The molecule has 2 nitrogen and oxygen atoms in total. The second-order valence-electron chi connectivity index (χ2n) is 4.95. The normalized spacial score (nSPS) is 16.2. The molecule has 2 aromatic rings. The standard InChI is InChI=1S/C17H15NO/c18-13-14-7-9-16(10-8-14)19-17(11-4-12-17)15-5-2-1-3-6-15/h1-3,5-10H,4,11-12H2. The maximum absolute atomic E-state index is 8.81. The average molecular weight is 249 g/mol. The van der Waals surface area contributed by atoms with Gasteiger partial charge in [-0.15, -0.1) is 0 Å². The molecular formula is C17H15NO. The topological polar surface area (TPSA) is 33.0 Å². The molecule has 0 aromatic heterocycles. The number of hydrogen-bond donors (Lipinski definition) is 0. The van der Waals surface area contributed by atoms with Crippen molar-refractivity contribution in [1.29, 1.82) is 5.26 Å². The molecule has 0 N–H and O–H groups in total. The molecule has 0 atom stereocenters. The average Bonchev–Trinajstić information content (AvgIpc) is 2.44. The van der Waals surface area contributed by atoms with E-state index in [9.17, 15) is 0 Å². The smallest absolute Gasteiger partial charge is 0.134 e. The summed E-state index contributed by atoms with van der Waals surface area (Å²) in [6.07, 6.45) is 3.30. The summed E-state index contributed by atoms with van der Waals surface area (Å²) in [5, 5.41) is 8.81. The van der Waals surface area contributed by atoms with Crippen LogP contribution in [0.2, 0.25) is 0 Å². The molecule has 2 heteroatoms. The van der Waals surface area contributed by atoms with Crippen molar-refractivity contribution in [1.82, 2.24) is 0 Å². The van der Waals surface area contributed by atoms with Gasteiger partial charge in [-0.3, -0.25) is 0 Å². The van der Waals surface area contributed by atoms with Gasteiger partial charge in [0, 0.05) is 0 Å². The second-order valence-corrected chi connectivity index (χ2v) is 4.95. The molecule has 2 aromatic carbocycles. The van der Waals surface area contributed by atoms with Crippen LogP contribution in [0.25, 0.3) is 0 Å². The Labute approximate surface area is 113 Å². The van der Waals surface area contributed by atoms with Gasteiger partial charge >= 0.3 is 0 Å². The summed E-state index contributed by atoms with van der Waals surface area (Å²) in [6, 6.07) is 19.9. The summed E-state index contributed by atoms with van der Waals surface area (Å²) >= 11 is 0. The highest BCUT2D eigenvalue weighted by Gasteiger charge is 2.40. The zero-order valence-corrected chi connectivity index (χ0v) is 10.7. The second kappa shape index (κ2) is 4.78. The first-order chi connectivity index (χ1) is 9.32. The van der Waals surface area contributed by atoms with Crippen molar-refractivity contribution >= 4 is 0 Å². The highest BCUT2D eigenvalue weighted by Crippen LogP contribution is 2.44. The van der Waals surface area contributed by atoms with Gasteiger partial charge in [0.15, 0.2) is 0 Å². The fourth-order valence-electron chi connectivity index (χ4n) is 2.51. The molecular weight excluding hydrogens is 234 g/mol. The summed E-state index contributed by atoms with van der Waals surface area (Å²) in [5.74, 6) is 0.836. The van der Waals surface area contributed by atoms with Crippen molar-refractivity contribution in [2.75, 3.05) is 0 Å². The van der Waals surface area contributed by atoms with E-state index in [2.05, 4.69) is 30.3 Å². The van der Waals surface area contributed by atoms with Crippen molar-refractivity contribution in [3.05, 3.63) is 65.7 Å². The number of rotatable bonds is 3. The molecule has 0 unspecified atom stereocenters. The van der Waals surface area contributed by atoms with Crippen LogP contribution < -0.4 is 4.74 Å². The fourth-order valence-corrected chi connectivity index (χ4v) is 2.51. The zero-order valence-electron chi connectivity index (χ0n) is 10.7. The maximum Gasteiger partial charge on any atom is 0.134 e. The van der Waals surface area contributed by atoms with Crippen molar-refractivity contribution < 1.29 is 4.74 Å². The zero-order chi connectivity index (χ0) is 13.1. The summed E-state index contributed by atoms with van der Waals surface area (Å²) in [7, 11) is 0. The van der Waals surface area contributed by atoms with E-state index >= 15 is 0 Å². The van der Waals surface area contributed by atoms with Gasteiger partial charge in [0.2, 0.25) is 0 Å². The summed E-state index contributed by atoms with van der Waals surface area (Å²) < 4.78 is 6.21. The Balaban J connectivity index is 1.85. The Morgan fingerprint density at radius 2 is 1.63 bits per heavy atom. The molecule has 0 heterocycles. The van der Waals surface area contributed by atoms with Gasteiger partial charge in [-0.25, -0.2) is 0 Å². The highest BCUT2D eigenvalue weighted by atomic mass is 16.5. The molecule has 1 saturated carbocycles. The van der Waals surface area contributed by atoms with E-state index in [1.165, 1.54) is 12.0 Å². The van der Waals surface area contributed by atoms with Crippen LogP contribution in [0.4, 0.5) is 0 Å². The van der Waals surface area contributed by atoms with Gasteiger partial charge in [-0.2, -0.15) is 5.26 Å². The molecule has 19 heavy (non-hydrogen) atoms. The highest BCUT2D eigenvalue weighted by molar-refractivity contribution is 5.36. The van der Waals surface area contributed by atoms with Gasteiger partial charge in [-0.05, 0) is 49.1 Å². The van der Waals surface area contributed by atoms with E-state index in [0.29, 0.717) is 5.56 Å². The number of nitrogens with zero attached hydrogens (tertiary/aromatic N) is 1. The van der Waals surface area contributed by atoms with Crippen LogP contribution in [-0.4, -0.2) is 0 Å². The molecule has 0 spiro atoms. The quantitative estimate of drug-likeness (QED) is 0.823. The lowest BCUT2D eigenvalue weighted by Crippen LogP contribution is -2.40. The first-order valence-electron chi connectivity index (χ1n) is 6.57. The molecule has 1 aliphatic carbocycles. The van der Waals surface area contributed by atoms with Gasteiger partial charge < -0.3 is 4.74 Å². The molecule has 0 radical (unpaired) electrons. The van der Waals surface area contributed by atoms with Crippen LogP contribution in [0.15, 0.2) is 54.6 Å². The Kier molecular flexibility index (Phi) is 2.97. The van der Waals surface area contributed by atoms with Crippen LogP contribution in [0.3, 0.4) is 0 Å². The number of nitriles is 1. The lowest BCUT2D eigenvalue weighted by atomic mass is 9.75. The molecule has 0 bridgehead atoms. The maximum atomic E-state index is 8.81. The van der Waals surface area contributed by atoms with Crippen LogP contribution in [0.5, 0.6) is 5.75 Å². The van der Waals surface area contributed by atoms with Crippen LogP contribution in [0, 0.1) is 11.3 Å². The van der Waals surface area contributed by atoms with E-state index in [0.717, 1.165) is 18.6 Å². The molecule has 3 rings (SSSR count). The monoisotopic (exact) mass is 249 g/mol. The molecule has 94 valence electrons. The third kappa shape index (κ3) is 2.20. The first-order valence-corrected chi connectivity index (χ1v) is 6.57. The predicted octanol–water partition coefficient (Wildman–Crippen LogP) is 4.02. The van der Waals surface area contributed by atoms with E-state index in [1.54, 1.807) is 12.1 Å². The van der Waals surface area contributed by atoms with Crippen LogP contribution >= 0.6 is 0 Å². The Morgan fingerprint density at radius 1 is 0.947 bits per heavy atom.